The van der Waals surface area contributed by atoms with Gasteiger partial charge in [0.25, 0.3) is 0 Å². The molecule has 0 atom stereocenters. The summed E-state index contributed by atoms with van der Waals surface area (Å²) in [5.74, 6) is 2.06. The van der Waals surface area contributed by atoms with Crippen molar-refractivity contribution < 1.29 is 0 Å². The molecule has 0 radical (unpaired) electrons. The number of rotatable bonds is 0. The molecule has 1 saturated carbocycles. The quantitative estimate of drug-likeness (QED) is 0.572. The van der Waals surface area contributed by atoms with Gasteiger partial charge in [-0.15, -0.1) is 12.4 Å². The SMILES string of the molecule is C1CC2CCC1CNC2.Cl. The van der Waals surface area contributed by atoms with Gasteiger partial charge in [0.05, 0.1) is 0 Å². The first-order valence-electron chi connectivity index (χ1n) is 4.16. The van der Waals surface area contributed by atoms with Gasteiger partial charge in [0.2, 0.25) is 0 Å². The van der Waals surface area contributed by atoms with Gasteiger partial charge in [-0.3, -0.25) is 0 Å². The lowest BCUT2D eigenvalue weighted by molar-refractivity contribution is 0.326. The maximum absolute atomic E-state index is 3.51. The normalized spacial score (nSPS) is 38.4. The van der Waals surface area contributed by atoms with Gasteiger partial charge >= 0.3 is 0 Å². The third kappa shape index (κ3) is 1.64. The number of fused-ring (bicyclic) bond motifs is 4. The van der Waals surface area contributed by atoms with E-state index in [9.17, 15) is 0 Å². The minimum Gasteiger partial charge on any atom is -0.316 e. The van der Waals surface area contributed by atoms with Crippen LogP contribution in [0.1, 0.15) is 25.7 Å². The Morgan fingerprint density at radius 3 is 1.60 bits per heavy atom. The highest BCUT2D eigenvalue weighted by atomic mass is 35.5. The fraction of sp³-hybridized carbons (Fsp3) is 1.00. The summed E-state index contributed by atoms with van der Waals surface area (Å²) in [4.78, 5) is 0. The van der Waals surface area contributed by atoms with Crippen LogP contribution < -0.4 is 5.32 Å². The Balaban J connectivity index is 0.000000500. The first-order valence-corrected chi connectivity index (χ1v) is 4.16. The number of nitrogens with one attached hydrogen (secondary N) is 1. The van der Waals surface area contributed by atoms with Crippen molar-refractivity contribution in [2.75, 3.05) is 13.1 Å². The third-order valence-electron chi connectivity index (χ3n) is 2.83. The van der Waals surface area contributed by atoms with Gasteiger partial charge in [-0.1, -0.05) is 0 Å². The molecule has 2 heteroatoms. The fourth-order valence-electron chi connectivity index (χ4n) is 2.13. The topological polar surface area (TPSA) is 12.0 Å². The van der Waals surface area contributed by atoms with Crippen LogP contribution in [-0.4, -0.2) is 13.1 Å². The molecule has 10 heavy (non-hydrogen) atoms. The van der Waals surface area contributed by atoms with Gasteiger partial charge in [0, 0.05) is 0 Å². The smallest absolute Gasteiger partial charge is 0.00204 e. The number of hydrogen-bond donors (Lipinski definition) is 1. The summed E-state index contributed by atoms with van der Waals surface area (Å²) >= 11 is 0. The predicted molar refractivity (Wildman–Crippen MR) is 45.6 cm³/mol. The zero-order valence-electron chi connectivity index (χ0n) is 6.31. The molecule has 0 spiro atoms. The second-order valence-electron chi connectivity index (χ2n) is 3.54. The van der Waals surface area contributed by atoms with E-state index in [2.05, 4.69) is 5.32 Å². The summed E-state index contributed by atoms with van der Waals surface area (Å²) in [7, 11) is 0. The molecule has 0 amide bonds. The van der Waals surface area contributed by atoms with Crippen molar-refractivity contribution in [3.8, 4) is 0 Å². The molecule has 2 heterocycles. The van der Waals surface area contributed by atoms with Crippen molar-refractivity contribution in [2.24, 2.45) is 11.8 Å². The van der Waals surface area contributed by atoms with Gasteiger partial charge in [-0.25, -0.2) is 0 Å². The molecule has 0 unspecified atom stereocenters. The molecule has 0 aromatic heterocycles. The first kappa shape index (κ1) is 8.35. The van der Waals surface area contributed by atoms with E-state index < -0.39 is 0 Å². The number of hydrogen-bond acceptors (Lipinski definition) is 1. The molecular formula is C8H16ClN. The second kappa shape index (κ2) is 3.59. The molecule has 2 aliphatic heterocycles. The van der Waals surface area contributed by atoms with E-state index in [1.807, 2.05) is 0 Å². The zero-order valence-corrected chi connectivity index (χ0v) is 7.12. The van der Waals surface area contributed by atoms with Crippen LogP contribution in [-0.2, 0) is 0 Å². The zero-order chi connectivity index (χ0) is 6.10. The van der Waals surface area contributed by atoms with Gasteiger partial charge in [0.15, 0.2) is 0 Å². The first-order chi connectivity index (χ1) is 4.45. The standard InChI is InChI=1S/C8H15N.ClH/c1-2-8-4-3-7(1)5-9-6-8;/h7-9H,1-6H2;1H. The molecule has 1 nitrogen and oxygen atoms in total. The van der Waals surface area contributed by atoms with E-state index in [0.29, 0.717) is 0 Å². The van der Waals surface area contributed by atoms with Crippen LogP contribution in [0.2, 0.25) is 0 Å². The van der Waals surface area contributed by atoms with E-state index in [-0.39, 0.29) is 12.4 Å². The summed E-state index contributed by atoms with van der Waals surface area (Å²) in [6, 6.07) is 0. The largest absolute Gasteiger partial charge is 0.316 e. The predicted octanol–water partition coefficient (Wildman–Crippen LogP) is 1.82. The second-order valence-corrected chi connectivity index (χ2v) is 3.54. The van der Waals surface area contributed by atoms with Crippen LogP contribution in [0.5, 0.6) is 0 Å². The maximum atomic E-state index is 3.51. The van der Waals surface area contributed by atoms with E-state index in [4.69, 9.17) is 0 Å². The van der Waals surface area contributed by atoms with E-state index >= 15 is 0 Å². The lowest BCUT2D eigenvalue weighted by Crippen LogP contribution is -2.19. The van der Waals surface area contributed by atoms with Crippen molar-refractivity contribution in [2.45, 2.75) is 25.7 Å². The average Bonchev–Trinajstić information content (AvgIpc) is 2.21. The Morgan fingerprint density at radius 2 is 1.20 bits per heavy atom. The Morgan fingerprint density at radius 1 is 0.800 bits per heavy atom. The van der Waals surface area contributed by atoms with E-state index in [1.54, 1.807) is 0 Å². The summed E-state index contributed by atoms with van der Waals surface area (Å²) < 4.78 is 0. The molecule has 0 aromatic rings. The van der Waals surface area contributed by atoms with Crippen molar-refractivity contribution in [1.29, 1.82) is 0 Å². The van der Waals surface area contributed by atoms with Crippen LogP contribution in [0, 0.1) is 11.8 Å². The Hall–Kier alpha value is 0.250. The van der Waals surface area contributed by atoms with Crippen molar-refractivity contribution in [3.05, 3.63) is 0 Å². The van der Waals surface area contributed by atoms with Crippen LogP contribution in [0.4, 0.5) is 0 Å². The maximum Gasteiger partial charge on any atom is -0.00204 e. The fourth-order valence-corrected chi connectivity index (χ4v) is 2.13. The highest BCUT2D eigenvalue weighted by Gasteiger charge is 2.23. The molecule has 60 valence electrons. The molecule has 3 rings (SSSR count). The summed E-state index contributed by atoms with van der Waals surface area (Å²) in [6.07, 6.45) is 5.99. The molecule has 3 fully saturated rings. The lowest BCUT2D eigenvalue weighted by atomic mass is 9.84. The minimum absolute atomic E-state index is 0. The molecule has 3 aliphatic rings. The Bertz CT molecular complexity index is 79.9. The molecular weight excluding hydrogens is 146 g/mol. The summed E-state index contributed by atoms with van der Waals surface area (Å²) in [5, 5.41) is 3.51. The highest BCUT2D eigenvalue weighted by Crippen LogP contribution is 2.30. The van der Waals surface area contributed by atoms with Gasteiger partial charge in [-0.05, 0) is 50.6 Å². The molecule has 0 aromatic carbocycles. The van der Waals surface area contributed by atoms with Crippen LogP contribution in [0.25, 0.3) is 0 Å². The van der Waals surface area contributed by atoms with Gasteiger partial charge in [-0.2, -0.15) is 0 Å². The molecule has 2 bridgehead atoms. The van der Waals surface area contributed by atoms with Gasteiger partial charge < -0.3 is 5.32 Å². The molecule has 1 aliphatic carbocycles. The Labute approximate surface area is 69.0 Å². The van der Waals surface area contributed by atoms with Crippen molar-refractivity contribution in [1.82, 2.24) is 5.32 Å². The monoisotopic (exact) mass is 161 g/mol. The third-order valence-corrected chi connectivity index (χ3v) is 2.83. The lowest BCUT2D eigenvalue weighted by Gasteiger charge is -2.21. The minimum atomic E-state index is 0. The van der Waals surface area contributed by atoms with E-state index in [0.717, 1.165) is 11.8 Å². The van der Waals surface area contributed by atoms with E-state index in [1.165, 1.54) is 38.8 Å². The van der Waals surface area contributed by atoms with Crippen molar-refractivity contribution in [3.63, 3.8) is 0 Å². The van der Waals surface area contributed by atoms with Crippen molar-refractivity contribution >= 4 is 12.4 Å². The molecule has 1 N–H and O–H groups in total. The molecule has 2 saturated heterocycles. The summed E-state index contributed by atoms with van der Waals surface area (Å²) in [6.45, 7) is 2.60. The van der Waals surface area contributed by atoms with Crippen LogP contribution in [0.15, 0.2) is 0 Å². The van der Waals surface area contributed by atoms with Crippen LogP contribution >= 0.6 is 12.4 Å². The average molecular weight is 162 g/mol. The highest BCUT2D eigenvalue weighted by molar-refractivity contribution is 5.85. The van der Waals surface area contributed by atoms with Gasteiger partial charge in [0.1, 0.15) is 0 Å². The summed E-state index contributed by atoms with van der Waals surface area (Å²) in [5.41, 5.74) is 0. The van der Waals surface area contributed by atoms with Crippen LogP contribution in [0.3, 0.4) is 0 Å². The number of halogens is 1. The Kier molecular flexibility index (Phi) is 2.99.